The van der Waals surface area contributed by atoms with Gasteiger partial charge >= 0.3 is 0 Å². The zero-order valence-corrected chi connectivity index (χ0v) is 14.4. The van der Waals surface area contributed by atoms with Crippen LogP contribution in [0.5, 0.6) is 0 Å². The van der Waals surface area contributed by atoms with E-state index in [9.17, 15) is 4.79 Å². The molecular weight excluding hydrogens is 328 g/mol. The van der Waals surface area contributed by atoms with Crippen LogP contribution in [0.25, 0.3) is 0 Å². The number of benzene rings is 1. The lowest BCUT2D eigenvalue weighted by Crippen LogP contribution is -2.46. The number of aromatic nitrogens is 3. The van der Waals surface area contributed by atoms with Crippen molar-refractivity contribution in [1.82, 2.24) is 20.1 Å². The third kappa shape index (κ3) is 3.56. The molecule has 1 saturated heterocycles. The standard InChI is InChI=1S/C16H19ClN6O/c1-11-7-12(2)15(13(17)8-11)19-14-9-18-21-16(20-14)23-5-3-22(10-24)4-6-23/h7-10H,3-6H2,1-2H3,(H,19,20,21). The number of hydrogen-bond acceptors (Lipinski definition) is 6. The van der Waals surface area contributed by atoms with Gasteiger partial charge in [0.1, 0.15) is 0 Å². The van der Waals surface area contributed by atoms with Crippen molar-refractivity contribution in [2.45, 2.75) is 13.8 Å². The average Bonchev–Trinajstić information content (AvgIpc) is 2.58. The second kappa shape index (κ2) is 7.00. The maximum absolute atomic E-state index is 10.8. The number of anilines is 3. The smallest absolute Gasteiger partial charge is 0.247 e. The van der Waals surface area contributed by atoms with Crippen molar-refractivity contribution in [2.24, 2.45) is 0 Å². The maximum atomic E-state index is 10.8. The molecule has 7 nitrogen and oxygen atoms in total. The lowest BCUT2D eigenvalue weighted by molar-refractivity contribution is -0.118. The number of aryl methyl sites for hydroxylation is 2. The van der Waals surface area contributed by atoms with Gasteiger partial charge in [0.15, 0.2) is 5.82 Å². The first-order chi connectivity index (χ1) is 11.6. The number of hydrogen-bond donors (Lipinski definition) is 1. The number of nitrogens with zero attached hydrogens (tertiary/aromatic N) is 5. The van der Waals surface area contributed by atoms with Crippen molar-refractivity contribution < 1.29 is 4.79 Å². The molecule has 8 heteroatoms. The molecule has 0 atom stereocenters. The Bertz CT molecular complexity index is 722. The number of carbonyl (C=O) groups is 1. The summed E-state index contributed by atoms with van der Waals surface area (Å²) in [5.74, 6) is 1.14. The fourth-order valence-electron chi connectivity index (χ4n) is 2.72. The summed E-state index contributed by atoms with van der Waals surface area (Å²) in [5, 5.41) is 12.0. The van der Waals surface area contributed by atoms with Crippen LogP contribution >= 0.6 is 11.6 Å². The van der Waals surface area contributed by atoms with E-state index in [-0.39, 0.29) is 0 Å². The molecule has 1 amide bonds. The van der Waals surface area contributed by atoms with Crippen LogP contribution in [0.3, 0.4) is 0 Å². The Kier molecular flexibility index (Phi) is 4.80. The lowest BCUT2D eigenvalue weighted by Gasteiger charge is -2.32. The number of halogens is 1. The summed E-state index contributed by atoms with van der Waals surface area (Å²) in [6.07, 6.45) is 2.44. The van der Waals surface area contributed by atoms with Gasteiger partial charge in [-0.25, -0.2) is 0 Å². The largest absolute Gasteiger partial charge is 0.342 e. The molecule has 1 aliphatic heterocycles. The van der Waals surface area contributed by atoms with E-state index in [4.69, 9.17) is 11.6 Å². The summed E-state index contributed by atoms with van der Waals surface area (Å²) in [6.45, 7) is 6.70. The second-order valence-electron chi connectivity index (χ2n) is 5.83. The van der Waals surface area contributed by atoms with Crippen molar-refractivity contribution in [3.05, 3.63) is 34.5 Å². The van der Waals surface area contributed by atoms with E-state index in [1.165, 1.54) is 0 Å². The Morgan fingerprint density at radius 1 is 1.21 bits per heavy atom. The van der Waals surface area contributed by atoms with Crippen molar-refractivity contribution in [2.75, 3.05) is 36.4 Å². The molecule has 2 heterocycles. The van der Waals surface area contributed by atoms with Crippen LogP contribution in [0.4, 0.5) is 17.5 Å². The third-order valence-corrected chi connectivity index (χ3v) is 4.28. The highest BCUT2D eigenvalue weighted by Crippen LogP contribution is 2.29. The summed E-state index contributed by atoms with van der Waals surface area (Å²) >= 11 is 6.33. The molecule has 0 spiro atoms. The SMILES string of the molecule is Cc1cc(C)c(Nc2cnnc(N3CCN(C=O)CC3)n2)c(Cl)c1. The van der Waals surface area contributed by atoms with Gasteiger partial charge in [-0.1, -0.05) is 17.7 Å². The molecule has 0 aliphatic carbocycles. The molecule has 1 aromatic carbocycles. The van der Waals surface area contributed by atoms with Crippen LogP contribution in [-0.2, 0) is 4.79 Å². The topological polar surface area (TPSA) is 74.2 Å². The molecule has 0 unspecified atom stereocenters. The lowest BCUT2D eigenvalue weighted by atomic mass is 10.1. The fraction of sp³-hybridized carbons (Fsp3) is 0.375. The fourth-order valence-corrected chi connectivity index (χ4v) is 3.09. The van der Waals surface area contributed by atoms with E-state index in [1.807, 2.05) is 24.8 Å². The quantitative estimate of drug-likeness (QED) is 0.855. The van der Waals surface area contributed by atoms with E-state index in [0.717, 1.165) is 23.2 Å². The van der Waals surface area contributed by atoms with Gasteiger partial charge < -0.3 is 15.1 Å². The minimum Gasteiger partial charge on any atom is -0.342 e. The molecule has 0 saturated carbocycles. The van der Waals surface area contributed by atoms with E-state index in [0.29, 0.717) is 43.0 Å². The molecule has 126 valence electrons. The molecular formula is C16H19ClN6O. The molecule has 1 aromatic heterocycles. The molecule has 3 rings (SSSR count). The normalized spacial score (nSPS) is 14.6. The molecule has 1 fully saturated rings. The van der Waals surface area contributed by atoms with Gasteiger partial charge in [0.2, 0.25) is 12.4 Å². The van der Waals surface area contributed by atoms with E-state index in [1.54, 1.807) is 11.1 Å². The number of piperazine rings is 1. The first-order valence-electron chi connectivity index (χ1n) is 7.74. The first kappa shape index (κ1) is 16.4. The summed E-state index contributed by atoms with van der Waals surface area (Å²) in [6, 6.07) is 3.97. The summed E-state index contributed by atoms with van der Waals surface area (Å²) in [7, 11) is 0. The molecule has 1 aliphatic rings. The Labute approximate surface area is 145 Å². The van der Waals surface area contributed by atoms with Crippen molar-refractivity contribution in [1.29, 1.82) is 0 Å². The second-order valence-corrected chi connectivity index (χ2v) is 6.24. The van der Waals surface area contributed by atoms with Gasteiger partial charge in [0.25, 0.3) is 0 Å². The Morgan fingerprint density at radius 3 is 2.62 bits per heavy atom. The highest BCUT2D eigenvalue weighted by atomic mass is 35.5. The Morgan fingerprint density at radius 2 is 1.96 bits per heavy atom. The van der Waals surface area contributed by atoms with Gasteiger partial charge in [-0.15, -0.1) is 5.10 Å². The minimum atomic E-state index is 0.548. The monoisotopic (exact) mass is 346 g/mol. The predicted octanol–water partition coefficient (Wildman–Crippen LogP) is 2.16. The Hall–Kier alpha value is -2.41. The predicted molar refractivity (Wildman–Crippen MR) is 93.9 cm³/mol. The molecule has 24 heavy (non-hydrogen) atoms. The number of nitrogens with one attached hydrogen (secondary N) is 1. The summed E-state index contributed by atoms with van der Waals surface area (Å²) in [5.41, 5.74) is 2.97. The van der Waals surface area contributed by atoms with Gasteiger partial charge in [-0.05, 0) is 31.0 Å². The number of amides is 1. The van der Waals surface area contributed by atoms with Crippen LogP contribution in [0.15, 0.2) is 18.3 Å². The highest BCUT2D eigenvalue weighted by molar-refractivity contribution is 6.33. The van der Waals surface area contributed by atoms with Crippen LogP contribution in [-0.4, -0.2) is 52.7 Å². The van der Waals surface area contributed by atoms with Crippen LogP contribution in [0, 0.1) is 13.8 Å². The van der Waals surface area contributed by atoms with Gasteiger partial charge in [0, 0.05) is 26.2 Å². The van der Waals surface area contributed by atoms with E-state index < -0.39 is 0 Å². The number of carbonyl (C=O) groups excluding carboxylic acids is 1. The zero-order chi connectivity index (χ0) is 17.1. The highest BCUT2D eigenvalue weighted by Gasteiger charge is 2.18. The Balaban J connectivity index is 1.78. The number of rotatable bonds is 4. The minimum absolute atomic E-state index is 0.548. The van der Waals surface area contributed by atoms with Crippen molar-refractivity contribution in [3.8, 4) is 0 Å². The average molecular weight is 347 g/mol. The summed E-state index contributed by atoms with van der Waals surface area (Å²) in [4.78, 5) is 19.1. The zero-order valence-electron chi connectivity index (χ0n) is 13.7. The van der Waals surface area contributed by atoms with Gasteiger partial charge in [-0.2, -0.15) is 10.1 Å². The first-order valence-corrected chi connectivity index (χ1v) is 8.12. The third-order valence-electron chi connectivity index (χ3n) is 3.98. The van der Waals surface area contributed by atoms with E-state index in [2.05, 4.69) is 26.6 Å². The van der Waals surface area contributed by atoms with E-state index >= 15 is 0 Å². The maximum Gasteiger partial charge on any atom is 0.247 e. The summed E-state index contributed by atoms with van der Waals surface area (Å²) < 4.78 is 0. The van der Waals surface area contributed by atoms with Crippen LogP contribution in [0.2, 0.25) is 5.02 Å². The molecule has 1 N–H and O–H groups in total. The van der Waals surface area contributed by atoms with Crippen molar-refractivity contribution in [3.63, 3.8) is 0 Å². The van der Waals surface area contributed by atoms with Crippen LogP contribution in [0.1, 0.15) is 11.1 Å². The molecule has 2 aromatic rings. The van der Waals surface area contributed by atoms with Gasteiger partial charge in [-0.3, -0.25) is 4.79 Å². The molecule has 0 bridgehead atoms. The van der Waals surface area contributed by atoms with Gasteiger partial charge in [0.05, 0.1) is 16.9 Å². The molecule has 0 radical (unpaired) electrons. The van der Waals surface area contributed by atoms with Crippen LogP contribution < -0.4 is 10.2 Å². The van der Waals surface area contributed by atoms with Crippen molar-refractivity contribution >= 4 is 35.5 Å².